The summed E-state index contributed by atoms with van der Waals surface area (Å²) in [6, 6.07) is 4.11. The molecule has 1 fully saturated rings. The van der Waals surface area contributed by atoms with Crippen LogP contribution in [0.25, 0.3) is 5.65 Å². The smallest absolute Gasteiger partial charge is 0.136 e. The maximum Gasteiger partial charge on any atom is 0.136 e. The van der Waals surface area contributed by atoms with Crippen LogP contribution < -0.4 is 5.73 Å². The van der Waals surface area contributed by atoms with E-state index in [9.17, 15) is 0 Å². The number of imidazole rings is 1. The van der Waals surface area contributed by atoms with Crippen LogP contribution in [0.5, 0.6) is 0 Å². The molecule has 2 N–H and O–H groups in total. The summed E-state index contributed by atoms with van der Waals surface area (Å²) in [5, 5.41) is 0. The van der Waals surface area contributed by atoms with Crippen LogP contribution in [0.1, 0.15) is 24.1 Å². The largest absolute Gasteiger partial charge is 0.326 e. The van der Waals surface area contributed by atoms with E-state index in [1.807, 2.05) is 0 Å². The average molecular weight is 258 g/mol. The Morgan fingerprint density at radius 2 is 2.26 bits per heavy atom. The van der Waals surface area contributed by atoms with Gasteiger partial charge in [-0.2, -0.15) is 0 Å². The van der Waals surface area contributed by atoms with Gasteiger partial charge in [-0.15, -0.1) is 0 Å². The molecule has 1 aliphatic rings. The molecule has 1 aliphatic heterocycles. The second-order valence-corrected chi connectivity index (χ2v) is 5.71. The molecule has 102 valence electrons. The highest BCUT2D eigenvalue weighted by atomic mass is 15.1. The van der Waals surface area contributed by atoms with Crippen molar-refractivity contribution in [2.24, 2.45) is 11.7 Å². The lowest BCUT2D eigenvalue weighted by Gasteiger charge is -2.29. The molecule has 0 spiro atoms. The predicted molar refractivity (Wildman–Crippen MR) is 77.0 cm³/mol. The third kappa shape index (κ3) is 2.80. The number of piperidine rings is 1. The standard InChI is InChI=1S/C15H22N4/c1-18-6-2-3-12(9-18)7-14-11-19-10-13(8-16)4-5-15(19)17-14/h4-5,10-12H,2-3,6-9,16H2,1H3. The molecule has 4 nitrogen and oxygen atoms in total. The van der Waals surface area contributed by atoms with Crippen molar-refractivity contribution in [1.29, 1.82) is 0 Å². The molecule has 0 amide bonds. The Labute approximate surface area is 114 Å². The molecule has 1 saturated heterocycles. The van der Waals surface area contributed by atoms with Gasteiger partial charge in [0.2, 0.25) is 0 Å². The van der Waals surface area contributed by atoms with E-state index in [0.717, 1.165) is 23.5 Å². The molecule has 0 radical (unpaired) electrons. The maximum absolute atomic E-state index is 5.67. The minimum absolute atomic E-state index is 0.580. The summed E-state index contributed by atoms with van der Waals surface area (Å²) in [5.41, 5.74) is 9.05. The van der Waals surface area contributed by atoms with Crippen LogP contribution in [0.2, 0.25) is 0 Å². The second-order valence-electron chi connectivity index (χ2n) is 5.71. The molecule has 0 aliphatic carbocycles. The van der Waals surface area contributed by atoms with Crippen LogP contribution in [0.3, 0.4) is 0 Å². The highest BCUT2D eigenvalue weighted by Gasteiger charge is 2.18. The van der Waals surface area contributed by atoms with E-state index in [-0.39, 0.29) is 0 Å². The van der Waals surface area contributed by atoms with Crippen molar-refractivity contribution in [1.82, 2.24) is 14.3 Å². The van der Waals surface area contributed by atoms with E-state index in [2.05, 4.69) is 40.9 Å². The normalized spacial score (nSPS) is 21.1. The van der Waals surface area contributed by atoms with Crippen molar-refractivity contribution in [2.45, 2.75) is 25.8 Å². The first-order valence-corrected chi connectivity index (χ1v) is 7.10. The summed E-state index contributed by atoms with van der Waals surface area (Å²) in [6.45, 7) is 3.01. The van der Waals surface area contributed by atoms with Crippen molar-refractivity contribution in [2.75, 3.05) is 20.1 Å². The Morgan fingerprint density at radius 3 is 3.05 bits per heavy atom. The fourth-order valence-electron chi connectivity index (χ4n) is 3.05. The summed E-state index contributed by atoms with van der Waals surface area (Å²) in [5.74, 6) is 0.748. The number of aromatic nitrogens is 2. The zero-order valence-electron chi connectivity index (χ0n) is 11.5. The molecule has 0 saturated carbocycles. The minimum atomic E-state index is 0.580. The zero-order valence-corrected chi connectivity index (χ0v) is 11.5. The number of hydrogen-bond acceptors (Lipinski definition) is 3. The number of pyridine rings is 1. The number of fused-ring (bicyclic) bond motifs is 1. The lowest BCUT2D eigenvalue weighted by atomic mass is 9.94. The number of likely N-dealkylation sites (tertiary alicyclic amines) is 1. The molecule has 1 atom stereocenters. The third-order valence-electron chi connectivity index (χ3n) is 4.02. The van der Waals surface area contributed by atoms with E-state index in [1.54, 1.807) is 0 Å². The van der Waals surface area contributed by atoms with Gasteiger partial charge >= 0.3 is 0 Å². The van der Waals surface area contributed by atoms with Crippen LogP contribution in [-0.2, 0) is 13.0 Å². The van der Waals surface area contributed by atoms with Gasteiger partial charge < -0.3 is 15.0 Å². The lowest BCUT2D eigenvalue weighted by Crippen LogP contribution is -2.33. The SMILES string of the molecule is CN1CCCC(Cc2cn3cc(CN)ccc3n2)C1. The van der Waals surface area contributed by atoms with Gasteiger partial charge in [0, 0.05) is 25.5 Å². The quantitative estimate of drug-likeness (QED) is 0.911. The number of rotatable bonds is 3. The average Bonchev–Trinajstić information content (AvgIpc) is 2.79. The summed E-state index contributed by atoms with van der Waals surface area (Å²) < 4.78 is 2.10. The Morgan fingerprint density at radius 1 is 1.37 bits per heavy atom. The first-order valence-electron chi connectivity index (χ1n) is 7.10. The van der Waals surface area contributed by atoms with E-state index >= 15 is 0 Å². The molecule has 3 heterocycles. The first kappa shape index (κ1) is 12.6. The van der Waals surface area contributed by atoms with Crippen LogP contribution in [0.15, 0.2) is 24.5 Å². The highest BCUT2D eigenvalue weighted by Crippen LogP contribution is 2.20. The summed E-state index contributed by atoms with van der Waals surface area (Å²) in [4.78, 5) is 7.14. The maximum atomic E-state index is 5.67. The van der Waals surface area contributed by atoms with Crippen LogP contribution in [0, 0.1) is 5.92 Å². The second kappa shape index (κ2) is 5.31. The Kier molecular flexibility index (Phi) is 3.53. The molecule has 0 bridgehead atoms. The molecule has 19 heavy (non-hydrogen) atoms. The monoisotopic (exact) mass is 258 g/mol. The molecule has 3 rings (SSSR count). The Balaban J connectivity index is 1.77. The molecular weight excluding hydrogens is 236 g/mol. The Bertz CT molecular complexity index is 560. The fourth-order valence-corrected chi connectivity index (χ4v) is 3.05. The summed E-state index contributed by atoms with van der Waals surface area (Å²) in [7, 11) is 2.21. The molecule has 2 aromatic heterocycles. The van der Waals surface area contributed by atoms with E-state index in [4.69, 9.17) is 10.7 Å². The fraction of sp³-hybridized carbons (Fsp3) is 0.533. The van der Waals surface area contributed by atoms with Crippen molar-refractivity contribution >= 4 is 5.65 Å². The molecule has 4 heteroatoms. The van der Waals surface area contributed by atoms with Crippen LogP contribution >= 0.6 is 0 Å². The molecule has 0 aromatic carbocycles. The van der Waals surface area contributed by atoms with E-state index in [1.165, 1.54) is 31.6 Å². The summed E-state index contributed by atoms with van der Waals surface area (Å²) >= 11 is 0. The molecule has 2 aromatic rings. The number of nitrogens with zero attached hydrogens (tertiary/aromatic N) is 3. The first-order chi connectivity index (χ1) is 9.24. The van der Waals surface area contributed by atoms with Gasteiger partial charge in [0.05, 0.1) is 5.69 Å². The lowest BCUT2D eigenvalue weighted by molar-refractivity contribution is 0.208. The van der Waals surface area contributed by atoms with Gasteiger partial charge in [0.1, 0.15) is 5.65 Å². The van der Waals surface area contributed by atoms with Crippen molar-refractivity contribution < 1.29 is 0 Å². The molecule has 1 unspecified atom stereocenters. The summed E-state index contributed by atoms with van der Waals surface area (Å²) in [6.07, 6.45) is 7.96. The van der Waals surface area contributed by atoms with Crippen molar-refractivity contribution in [3.63, 3.8) is 0 Å². The number of nitrogens with two attached hydrogens (primary N) is 1. The topological polar surface area (TPSA) is 46.6 Å². The van der Waals surface area contributed by atoms with Gasteiger partial charge in [-0.3, -0.25) is 0 Å². The van der Waals surface area contributed by atoms with Crippen molar-refractivity contribution in [3.8, 4) is 0 Å². The van der Waals surface area contributed by atoms with Gasteiger partial charge in [0.15, 0.2) is 0 Å². The number of hydrogen-bond donors (Lipinski definition) is 1. The third-order valence-corrected chi connectivity index (χ3v) is 4.02. The van der Waals surface area contributed by atoms with Gasteiger partial charge in [0.25, 0.3) is 0 Å². The highest BCUT2D eigenvalue weighted by molar-refractivity contribution is 5.41. The zero-order chi connectivity index (χ0) is 13.2. The minimum Gasteiger partial charge on any atom is -0.326 e. The van der Waals surface area contributed by atoms with Crippen LogP contribution in [0.4, 0.5) is 0 Å². The van der Waals surface area contributed by atoms with E-state index in [0.29, 0.717) is 6.54 Å². The Hall–Kier alpha value is -1.39. The van der Waals surface area contributed by atoms with E-state index < -0.39 is 0 Å². The van der Waals surface area contributed by atoms with Crippen molar-refractivity contribution in [3.05, 3.63) is 35.8 Å². The van der Waals surface area contributed by atoms with Gasteiger partial charge in [-0.25, -0.2) is 4.98 Å². The predicted octanol–water partition coefficient (Wildman–Crippen LogP) is 1.68. The van der Waals surface area contributed by atoms with Gasteiger partial charge in [-0.1, -0.05) is 6.07 Å². The van der Waals surface area contributed by atoms with Gasteiger partial charge in [-0.05, 0) is 50.4 Å². The molecular formula is C15H22N4. The van der Waals surface area contributed by atoms with Crippen LogP contribution in [-0.4, -0.2) is 34.4 Å².